The Hall–Kier alpha value is -2.62. The van der Waals surface area contributed by atoms with Crippen molar-refractivity contribution in [2.45, 2.75) is 51.4 Å². The summed E-state index contributed by atoms with van der Waals surface area (Å²) in [5.41, 5.74) is 2.13. The van der Waals surface area contributed by atoms with Crippen molar-refractivity contribution in [2.24, 2.45) is 5.41 Å². The van der Waals surface area contributed by atoms with Crippen LogP contribution >= 0.6 is 7.60 Å². The number of amides is 1. The minimum Gasteiger partial charge on any atom is -0.371 e. The predicted octanol–water partition coefficient (Wildman–Crippen LogP) is 4.76. The predicted molar refractivity (Wildman–Crippen MR) is 142 cm³/mol. The molecule has 2 aliphatic heterocycles. The van der Waals surface area contributed by atoms with Crippen LogP contribution in [-0.4, -0.2) is 62.2 Å². The van der Waals surface area contributed by atoms with Crippen molar-refractivity contribution in [3.63, 3.8) is 0 Å². The molecule has 5 rings (SSSR count). The third-order valence-electron chi connectivity index (χ3n) is 8.01. The van der Waals surface area contributed by atoms with Gasteiger partial charge >= 0.3 is 7.60 Å². The topological polar surface area (TPSA) is 96.9 Å². The van der Waals surface area contributed by atoms with Gasteiger partial charge in [-0.1, -0.05) is 0 Å². The maximum absolute atomic E-state index is 13.6. The Bertz CT molecular complexity index is 1240. The lowest BCUT2D eigenvalue weighted by Crippen LogP contribution is -2.40. The van der Waals surface area contributed by atoms with Crippen molar-refractivity contribution < 1.29 is 27.2 Å². The molecule has 2 saturated heterocycles. The molecule has 0 unspecified atom stereocenters. The van der Waals surface area contributed by atoms with Gasteiger partial charge in [0.15, 0.2) is 0 Å². The number of hydrogen-bond donors (Lipinski definition) is 1. The minimum absolute atomic E-state index is 0.144. The highest BCUT2D eigenvalue weighted by Gasteiger charge is 2.45. The van der Waals surface area contributed by atoms with Gasteiger partial charge in [0.1, 0.15) is 5.82 Å². The molecule has 1 aromatic carbocycles. The Morgan fingerprint density at radius 1 is 0.947 bits per heavy atom. The molecule has 9 nitrogen and oxygen atoms in total. The number of benzene rings is 1. The number of anilines is 3. The summed E-state index contributed by atoms with van der Waals surface area (Å²) < 4.78 is 50.8. The first-order chi connectivity index (χ1) is 18.1. The lowest BCUT2D eigenvalue weighted by atomic mass is 9.93. The second kappa shape index (κ2) is 10.2. The maximum Gasteiger partial charge on any atom is 0.360 e. The van der Waals surface area contributed by atoms with Crippen molar-refractivity contribution in [2.75, 3.05) is 55.5 Å². The standard InChI is InChI=1S/C26H34F2N5O4P/c1-18-16-22(31-24(29-18)33-14-10-26(27,28)11-15-33)30-23(34)20-5-4-19(38(35,36-2)37-3)17-21(20)32-12-8-25(6-7-25)9-13-32/h4-5,16-17H,6-15H2,1-3H3,(H,29,30,31,34). The van der Waals surface area contributed by atoms with Gasteiger partial charge < -0.3 is 24.2 Å². The van der Waals surface area contributed by atoms with Crippen LogP contribution in [0.3, 0.4) is 0 Å². The Labute approximate surface area is 221 Å². The summed E-state index contributed by atoms with van der Waals surface area (Å²) in [7, 11) is -0.849. The quantitative estimate of drug-likeness (QED) is 0.494. The highest BCUT2D eigenvalue weighted by Crippen LogP contribution is 2.54. The molecule has 3 fully saturated rings. The lowest BCUT2D eigenvalue weighted by Gasteiger charge is -2.35. The van der Waals surface area contributed by atoms with Gasteiger partial charge in [-0.25, -0.2) is 13.8 Å². The van der Waals surface area contributed by atoms with E-state index in [1.807, 2.05) is 0 Å². The van der Waals surface area contributed by atoms with Crippen LogP contribution in [-0.2, 0) is 13.6 Å². The molecule has 3 heterocycles. The molecule has 1 amide bonds. The molecule has 3 aliphatic rings. The molecule has 0 bridgehead atoms. The van der Waals surface area contributed by atoms with Gasteiger partial charge in [-0.05, 0) is 56.2 Å². The molecule has 1 N–H and O–H groups in total. The fourth-order valence-corrected chi connectivity index (χ4v) is 6.41. The Balaban J connectivity index is 1.41. The number of piperidine rings is 2. The van der Waals surface area contributed by atoms with Crippen molar-refractivity contribution in [3.8, 4) is 0 Å². The summed E-state index contributed by atoms with van der Waals surface area (Å²) in [5.74, 6) is -2.45. The first-order valence-electron chi connectivity index (χ1n) is 13.0. The van der Waals surface area contributed by atoms with Crippen LogP contribution in [0.4, 0.5) is 26.2 Å². The molecule has 0 atom stereocenters. The van der Waals surface area contributed by atoms with E-state index in [2.05, 4.69) is 20.2 Å². The molecule has 2 aromatic rings. The van der Waals surface area contributed by atoms with E-state index in [1.165, 1.54) is 27.1 Å². The fraction of sp³-hybridized carbons (Fsp3) is 0.577. The first kappa shape index (κ1) is 27.0. The van der Waals surface area contributed by atoms with Crippen molar-refractivity contribution in [1.29, 1.82) is 0 Å². The van der Waals surface area contributed by atoms with E-state index in [0.29, 0.717) is 39.4 Å². The van der Waals surface area contributed by atoms with E-state index in [0.717, 1.165) is 25.9 Å². The third kappa shape index (κ3) is 5.55. The highest BCUT2D eigenvalue weighted by atomic mass is 31.2. The van der Waals surface area contributed by atoms with Crippen LogP contribution in [0.5, 0.6) is 0 Å². The molecular weight excluding hydrogens is 515 g/mol. The number of alkyl halides is 2. The molecule has 0 radical (unpaired) electrons. The smallest absolute Gasteiger partial charge is 0.360 e. The first-order valence-corrected chi connectivity index (χ1v) is 14.5. The maximum atomic E-state index is 13.6. The normalized spacial score (nSPS) is 20.4. The van der Waals surface area contributed by atoms with Crippen LogP contribution in [0.2, 0.25) is 0 Å². The summed E-state index contributed by atoms with van der Waals surface area (Å²) in [5, 5.41) is 3.24. The number of aryl methyl sites for hydroxylation is 1. The number of rotatable bonds is 7. The lowest BCUT2D eigenvalue weighted by molar-refractivity contribution is -0.0222. The summed E-state index contributed by atoms with van der Waals surface area (Å²) in [6.07, 6.45) is 4.08. The molecule has 38 heavy (non-hydrogen) atoms. The van der Waals surface area contributed by atoms with Crippen LogP contribution in [0.15, 0.2) is 24.3 Å². The average Bonchev–Trinajstić information content (AvgIpc) is 3.66. The largest absolute Gasteiger partial charge is 0.371 e. The number of nitrogens with one attached hydrogen (secondary N) is 1. The monoisotopic (exact) mass is 549 g/mol. The highest BCUT2D eigenvalue weighted by molar-refractivity contribution is 7.62. The molecule has 1 spiro atoms. The number of carbonyl (C=O) groups is 1. The Morgan fingerprint density at radius 3 is 2.18 bits per heavy atom. The van der Waals surface area contributed by atoms with Gasteiger partial charge in [-0.3, -0.25) is 9.36 Å². The zero-order chi connectivity index (χ0) is 27.1. The van der Waals surface area contributed by atoms with Crippen LogP contribution in [0, 0.1) is 12.3 Å². The molecule has 12 heteroatoms. The number of halogens is 2. The zero-order valence-electron chi connectivity index (χ0n) is 22.0. The SMILES string of the molecule is COP(=O)(OC)c1ccc(C(=O)Nc2cc(C)nc(N3CCC(F)(F)CC3)n2)c(N2CCC3(CC2)CC3)c1. The summed E-state index contributed by atoms with van der Waals surface area (Å²) in [6.45, 7) is 3.65. The van der Waals surface area contributed by atoms with E-state index >= 15 is 0 Å². The Kier molecular flexibility index (Phi) is 7.22. The van der Waals surface area contributed by atoms with E-state index in [4.69, 9.17) is 9.05 Å². The van der Waals surface area contributed by atoms with Crippen molar-refractivity contribution in [3.05, 3.63) is 35.5 Å². The molecule has 1 aliphatic carbocycles. The van der Waals surface area contributed by atoms with Gasteiger partial charge in [0, 0.05) is 65.0 Å². The van der Waals surface area contributed by atoms with Gasteiger partial charge in [0.05, 0.1) is 16.6 Å². The second-order valence-electron chi connectivity index (χ2n) is 10.5. The van der Waals surface area contributed by atoms with Crippen LogP contribution in [0.25, 0.3) is 0 Å². The minimum atomic E-state index is -3.52. The summed E-state index contributed by atoms with van der Waals surface area (Å²) in [4.78, 5) is 26.3. The van der Waals surface area contributed by atoms with Gasteiger partial charge in [-0.2, -0.15) is 4.98 Å². The number of hydrogen-bond acceptors (Lipinski definition) is 8. The third-order valence-corrected chi connectivity index (χ3v) is 9.88. The molecule has 1 aromatic heterocycles. The molecule has 206 valence electrons. The van der Waals surface area contributed by atoms with E-state index < -0.39 is 13.5 Å². The van der Waals surface area contributed by atoms with Gasteiger partial charge in [-0.15, -0.1) is 0 Å². The summed E-state index contributed by atoms with van der Waals surface area (Å²) in [6, 6.07) is 6.59. The summed E-state index contributed by atoms with van der Waals surface area (Å²) >= 11 is 0. The van der Waals surface area contributed by atoms with Gasteiger partial charge in [0.2, 0.25) is 5.95 Å². The van der Waals surface area contributed by atoms with Crippen molar-refractivity contribution in [1.82, 2.24) is 9.97 Å². The number of carbonyl (C=O) groups excluding carboxylic acids is 1. The number of nitrogens with zero attached hydrogens (tertiary/aromatic N) is 4. The molecule has 1 saturated carbocycles. The van der Waals surface area contributed by atoms with Crippen molar-refractivity contribution >= 4 is 36.3 Å². The van der Waals surface area contributed by atoms with E-state index in [1.54, 1.807) is 36.1 Å². The zero-order valence-corrected chi connectivity index (χ0v) is 22.9. The Morgan fingerprint density at radius 2 is 1.58 bits per heavy atom. The van der Waals surface area contributed by atoms with Crippen LogP contribution < -0.4 is 20.4 Å². The van der Waals surface area contributed by atoms with Gasteiger partial charge in [0.25, 0.3) is 11.8 Å². The number of aromatic nitrogens is 2. The second-order valence-corrected chi connectivity index (χ2v) is 12.8. The fourth-order valence-electron chi connectivity index (χ4n) is 5.30. The average molecular weight is 550 g/mol. The molecular formula is C26H34F2N5O4P. The van der Waals surface area contributed by atoms with Crippen LogP contribution in [0.1, 0.15) is 54.6 Å². The van der Waals surface area contributed by atoms with E-state index in [-0.39, 0.29) is 31.8 Å². The van der Waals surface area contributed by atoms with E-state index in [9.17, 15) is 18.1 Å².